The summed E-state index contributed by atoms with van der Waals surface area (Å²) in [5.74, 6) is -0.919. The second kappa shape index (κ2) is 16.4. The normalized spacial score (nSPS) is 20.4. The summed E-state index contributed by atoms with van der Waals surface area (Å²) >= 11 is 0. The van der Waals surface area contributed by atoms with E-state index in [-0.39, 0.29) is 42.3 Å². The van der Waals surface area contributed by atoms with Crippen LogP contribution in [0.3, 0.4) is 0 Å². The number of aromatic nitrogens is 2. The van der Waals surface area contributed by atoms with Crippen LogP contribution in [0.2, 0.25) is 0 Å². The number of aryl methyl sites for hydroxylation is 1. The lowest BCUT2D eigenvalue weighted by Gasteiger charge is -2.35. The summed E-state index contributed by atoms with van der Waals surface area (Å²) in [4.78, 5) is 32.6. The number of amides is 3. The Kier molecular flexibility index (Phi) is 12.5. The Hall–Kier alpha value is -4.05. The third-order valence-corrected chi connectivity index (χ3v) is 9.91. The predicted octanol–water partition coefficient (Wildman–Crippen LogP) is 4.32. The number of urea groups is 1. The molecule has 0 saturated carbocycles. The minimum atomic E-state index is -3.90. The van der Waals surface area contributed by atoms with Gasteiger partial charge in [-0.15, -0.1) is 0 Å². The summed E-state index contributed by atoms with van der Waals surface area (Å²) in [5.41, 5.74) is 0.872. The van der Waals surface area contributed by atoms with Gasteiger partial charge in [0.25, 0.3) is 15.9 Å². The van der Waals surface area contributed by atoms with Gasteiger partial charge in [0.15, 0.2) is 5.03 Å². The molecule has 1 aliphatic rings. The molecule has 3 N–H and O–H groups in total. The van der Waals surface area contributed by atoms with Crippen LogP contribution >= 0.6 is 0 Å². The highest BCUT2D eigenvalue weighted by Crippen LogP contribution is 2.29. The first kappa shape index (κ1) is 36.8. The largest absolute Gasteiger partial charge is 0.490 e. The van der Waals surface area contributed by atoms with Crippen molar-refractivity contribution >= 4 is 33.3 Å². The van der Waals surface area contributed by atoms with Crippen LogP contribution in [0.1, 0.15) is 50.4 Å². The van der Waals surface area contributed by atoms with Crippen molar-refractivity contribution < 1.29 is 37.0 Å². The van der Waals surface area contributed by atoms with Crippen molar-refractivity contribution in [1.82, 2.24) is 18.8 Å². The van der Waals surface area contributed by atoms with Crippen molar-refractivity contribution in [3.63, 3.8) is 0 Å². The molecular formula is C33H45FN6O7S. The summed E-state index contributed by atoms with van der Waals surface area (Å²) in [6.07, 6.45) is 4.16. The maximum atomic E-state index is 14.3. The molecule has 3 aromatic rings. The van der Waals surface area contributed by atoms with Crippen LogP contribution in [0.25, 0.3) is 0 Å². The van der Waals surface area contributed by atoms with Crippen LogP contribution in [0.4, 0.5) is 20.6 Å². The fourth-order valence-electron chi connectivity index (χ4n) is 5.32. The number of ether oxygens (including phenoxy) is 2. The molecule has 13 nitrogen and oxygen atoms in total. The van der Waals surface area contributed by atoms with Crippen LogP contribution < -0.4 is 15.4 Å². The second-order valence-corrected chi connectivity index (χ2v) is 14.3. The number of fused-ring (bicyclic) bond motifs is 1. The van der Waals surface area contributed by atoms with E-state index in [1.165, 1.54) is 59.1 Å². The van der Waals surface area contributed by atoms with Crippen LogP contribution in [0.5, 0.6) is 5.75 Å². The fraction of sp³-hybridized carbons (Fsp3) is 0.485. The molecule has 15 heteroatoms. The van der Waals surface area contributed by atoms with Crippen molar-refractivity contribution in [2.45, 2.75) is 63.3 Å². The number of nitrogens with one attached hydrogen (secondary N) is 2. The Balaban J connectivity index is 1.62. The molecule has 0 radical (unpaired) electrons. The number of hydrogen-bond acceptors (Lipinski definition) is 8. The van der Waals surface area contributed by atoms with Crippen LogP contribution in [-0.2, 0) is 21.8 Å². The monoisotopic (exact) mass is 688 g/mol. The second-order valence-electron chi connectivity index (χ2n) is 12.3. The third kappa shape index (κ3) is 9.52. The number of rotatable bonds is 8. The van der Waals surface area contributed by atoms with Gasteiger partial charge in [0.05, 0.1) is 36.7 Å². The molecule has 0 saturated heterocycles. The lowest BCUT2D eigenvalue weighted by Crippen LogP contribution is -2.48. The van der Waals surface area contributed by atoms with E-state index in [4.69, 9.17) is 9.47 Å². The summed E-state index contributed by atoms with van der Waals surface area (Å²) in [5, 5.41) is 15.4. The van der Waals surface area contributed by atoms with Crippen molar-refractivity contribution in [1.29, 1.82) is 0 Å². The van der Waals surface area contributed by atoms with Crippen LogP contribution in [0, 0.1) is 11.7 Å². The molecular weight excluding hydrogens is 643 g/mol. The zero-order valence-corrected chi connectivity index (χ0v) is 28.7. The number of nitrogens with zero attached hydrogens (tertiary/aromatic N) is 4. The Bertz CT molecular complexity index is 1650. The van der Waals surface area contributed by atoms with Gasteiger partial charge in [-0.25, -0.2) is 22.6 Å². The topological polar surface area (TPSA) is 155 Å². The van der Waals surface area contributed by atoms with E-state index in [0.29, 0.717) is 36.6 Å². The van der Waals surface area contributed by atoms with E-state index >= 15 is 0 Å². The highest BCUT2D eigenvalue weighted by molar-refractivity contribution is 7.89. The molecule has 1 aliphatic heterocycles. The zero-order valence-electron chi connectivity index (χ0n) is 27.9. The molecule has 0 unspecified atom stereocenters. The minimum Gasteiger partial charge on any atom is -0.490 e. The maximum Gasteiger partial charge on any atom is 0.323 e. The molecule has 3 amide bonds. The average molecular weight is 689 g/mol. The minimum absolute atomic E-state index is 0.0168. The predicted molar refractivity (Wildman–Crippen MR) is 179 cm³/mol. The number of anilines is 2. The molecule has 262 valence electrons. The Morgan fingerprint density at radius 3 is 2.50 bits per heavy atom. The number of carbonyl (C=O) groups excluding carboxylic acids is 2. The summed E-state index contributed by atoms with van der Waals surface area (Å²) in [6.45, 7) is 5.68. The Morgan fingerprint density at radius 1 is 1.15 bits per heavy atom. The first-order valence-electron chi connectivity index (χ1n) is 15.9. The smallest absolute Gasteiger partial charge is 0.323 e. The number of aliphatic hydroxyl groups is 1. The van der Waals surface area contributed by atoms with E-state index in [1.807, 2.05) is 13.8 Å². The van der Waals surface area contributed by atoms with E-state index in [9.17, 15) is 27.5 Å². The average Bonchev–Trinajstić information content (AvgIpc) is 3.50. The molecule has 48 heavy (non-hydrogen) atoms. The van der Waals surface area contributed by atoms with Crippen LogP contribution in [0.15, 0.2) is 60.0 Å². The van der Waals surface area contributed by atoms with Crippen molar-refractivity contribution in [2.75, 3.05) is 44.0 Å². The first-order valence-corrected chi connectivity index (χ1v) is 17.3. The van der Waals surface area contributed by atoms with E-state index < -0.39 is 39.9 Å². The fourth-order valence-corrected chi connectivity index (χ4v) is 6.47. The molecule has 0 spiro atoms. The SMILES string of the molecule is C[C@@H]1CN([C@@H](C)CO)C(=O)c2cc(NC(=O)Nc3ccc(F)cc3)ccc2O[C@@H](C)CCCCO[C@@H]1CN(C)S(=O)(=O)c1cn(C)cn1. The van der Waals surface area contributed by atoms with Crippen molar-refractivity contribution in [2.24, 2.45) is 13.0 Å². The summed E-state index contributed by atoms with van der Waals surface area (Å²) in [6, 6.07) is 8.85. The quantitative estimate of drug-likeness (QED) is 0.316. The van der Waals surface area contributed by atoms with Gasteiger partial charge in [-0.1, -0.05) is 6.92 Å². The van der Waals surface area contributed by atoms with Gasteiger partial charge >= 0.3 is 6.03 Å². The number of sulfonamides is 1. The molecule has 4 rings (SSSR count). The number of carbonyl (C=O) groups is 2. The molecule has 0 fully saturated rings. The Morgan fingerprint density at radius 2 is 1.83 bits per heavy atom. The first-order chi connectivity index (χ1) is 22.8. The van der Waals surface area contributed by atoms with E-state index in [0.717, 1.165) is 6.42 Å². The lowest BCUT2D eigenvalue weighted by molar-refractivity contribution is -0.00835. The van der Waals surface area contributed by atoms with Gasteiger partial charge in [-0.05, 0) is 75.6 Å². The van der Waals surface area contributed by atoms with Gasteiger partial charge in [0, 0.05) is 57.3 Å². The molecule has 0 bridgehead atoms. The van der Waals surface area contributed by atoms with Gasteiger partial charge < -0.3 is 34.7 Å². The number of likely N-dealkylation sites (N-methyl/N-ethyl adjacent to an activating group) is 1. The maximum absolute atomic E-state index is 14.3. The number of imidazole rings is 1. The van der Waals surface area contributed by atoms with Gasteiger partial charge in [0.1, 0.15) is 11.6 Å². The van der Waals surface area contributed by atoms with Crippen molar-refractivity contribution in [3.05, 3.63) is 66.4 Å². The molecule has 2 heterocycles. The molecule has 2 aromatic carbocycles. The number of benzene rings is 2. The van der Waals surface area contributed by atoms with E-state index in [1.54, 1.807) is 30.7 Å². The van der Waals surface area contributed by atoms with Gasteiger partial charge in [0.2, 0.25) is 0 Å². The number of hydrogen-bond donors (Lipinski definition) is 3. The third-order valence-electron chi connectivity index (χ3n) is 8.20. The molecule has 4 atom stereocenters. The Labute approximate surface area is 281 Å². The van der Waals surface area contributed by atoms with Crippen LogP contribution in [-0.4, -0.2) is 95.8 Å². The highest BCUT2D eigenvalue weighted by Gasteiger charge is 2.33. The van der Waals surface area contributed by atoms with E-state index in [2.05, 4.69) is 15.6 Å². The zero-order chi connectivity index (χ0) is 35.0. The standard InChI is InChI=1S/C33H45FN6O7S/c1-22-17-40(23(2)20-41)32(42)28-16-27(37-33(43)36-26-11-9-25(34)10-12-26)13-14-29(28)47-24(3)8-6-7-15-46-30(22)18-39(5)48(44,45)31-19-38(4)21-35-31/h9-14,16,19,21-24,30,41H,6-8,15,17-18,20H2,1-5H3,(H2,36,37,43)/t22-,23+,24+,30-/m1/s1. The summed E-state index contributed by atoms with van der Waals surface area (Å²) in [7, 11) is -0.741. The van der Waals surface area contributed by atoms with Crippen molar-refractivity contribution in [3.8, 4) is 5.75 Å². The highest BCUT2D eigenvalue weighted by atomic mass is 32.2. The molecule has 1 aromatic heterocycles. The molecule has 0 aliphatic carbocycles. The lowest BCUT2D eigenvalue weighted by atomic mass is 10.0. The van der Waals surface area contributed by atoms with Gasteiger partial charge in [-0.2, -0.15) is 4.31 Å². The number of halogens is 1. The van der Waals surface area contributed by atoms with Gasteiger partial charge in [-0.3, -0.25) is 4.79 Å². The number of aliphatic hydroxyl groups excluding tert-OH is 1. The summed E-state index contributed by atoms with van der Waals surface area (Å²) < 4.78 is 55.2.